The number of fused-ring (bicyclic) bond motifs is 11. The molecule has 0 radical (unpaired) electrons. The van der Waals surface area contributed by atoms with Crippen LogP contribution in [0.2, 0.25) is 0 Å². The van der Waals surface area contributed by atoms with Crippen molar-refractivity contribution in [1.29, 1.82) is 0 Å². The van der Waals surface area contributed by atoms with Gasteiger partial charge in [-0.25, -0.2) is 0 Å². The van der Waals surface area contributed by atoms with Crippen LogP contribution in [0, 0.1) is 5.92 Å². The lowest BCUT2D eigenvalue weighted by atomic mass is 9.62. The Hall–Kier alpha value is -6.55. The molecule has 0 amide bonds. The van der Waals surface area contributed by atoms with E-state index in [1.165, 1.54) is 76.6 Å². The highest BCUT2D eigenvalue weighted by molar-refractivity contribution is 6.09. The fourth-order valence-electron chi connectivity index (χ4n) is 13.1. The van der Waals surface area contributed by atoms with Gasteiger partial charge >= 0.3 is 0 Å². The monoisotopic (exact) mass is 828 g/mol. The molecule has 1 saturated carbocycles. The maximum absolute atomic E-state index is 7.01. The van der Waals surface area contributed by atoms with Gasteiger partial charge in [-0.1, -0.05) is 203 Å². The zero-order chi connectivity index (χ0) is 42.6. The summed E-state index contributed by atoms with van der Waals surface area (Å²) < 4.78 is 7.01. The molecule has 3 nitrogen and oxygen atoms in total. The molecule has 1 aliphatic heterocycles. The van der Waals surface area contributed by atoms with E-state index in [1.807, 2.05) is 0 Å². The normalized spacial score (nSPS) is 23.8. The number of nitrogens with one attached hydrogen (secondary N) is 1. The molecule has 0 saturated heterocycles. The van der Waals surface area contributed by atoms with Gasteiger partial charge in [-0.15, -0.1) is 0 Å². The molecule has 2 heterocycles. The van der Waals surface area contributed by atoms with E-state index in [-0.39, 0.29) is 29.0 Å². The second kappa shape index (κ2) is 14.5. The van der Waals surface area contributed by atoms with E-state index in [2.05, 4.69) is 201 Å². The number of hydrogen-bond acceptors (Lipinski definition) is 3. The summed E-state index contributed by atoms with van der Waals surface area (Å²) in [5.41, 5.74) is 19.2. The van der Waals surface area contributed by atoms with Crippen LogP contribution in [0.1, 0.15) is 115 Å². The highest BCUT2D eigenvalue weighted by Crippen LogP contribution is 2.64. The molecule has 5 aliphatic rings. The first-order valence-electron chi connectivity index (χ1n) is 23.6. The van der Waals surface area contributed by atoms with E-state index in [1.54, 1.807) is 11.1 Å². The van der Waals surface area contributed by atoms with Crippen molar-refractivity contribution in [3.8, 4) is 11.1 Å². The molecular weight excluding hydrogens is 777 g/mol. The van der Waals surface area contributed by atoms with Crippen molar-refractivity contribution in [3.05, 3.63) is 232 Å². The second-order valence-electron chi connectivity index (χ2n) is 19.6. The molecule has 5 unspecified atom stereocenters. The van der Waals surface area contributed by atoms with Crippen LogP contribution in [0.25, 0.3) is 38.6 Å². The van der Waals surface area contributed by atoms with Gasteiger partial charge < -0.3 is 4.42 Å². The van der Waals surface area contributed by atoms with Gasteiger partial charge in [0.05, 0.1) is 23.8 Å². The van der Waals surface area contributed by atoms with E-state index in [4.69, 9.17) is 9.41 Å². The van der Waals surface area contributed by atoms with Crippen molar-refractivity contribution in [3.63, 3.8) is 0 Å². The van der Waals surface area contributed by atoms with Crippen molar-refractivity contribution < 1.29 is 4.42 Å². The van der Waals surface area contributed by atoms with Crippen molar-refractivity contribution >= 4 is 33.2 Å². The summed E-state index contributed by atoms with van der Waals surface area (Å²) in [5.74, 6) is 0.923. The number of allylic oxidation sites excluding steroid dienone is 4. The molecule has 4 aliphatic carbocycles. The summed E-state index contributed by atoms with van der Waals surface area (Å²) in [7, 11) is 0. The van der Waals surface area contributed by atoms with Gasteiger partial charge in [0, 0.05) is 33.1 Å². The zero-order valence-electron chi connectivity index (χ0n) is 36.6. The van der Waals surface area contributed by atoms with Crippen LogP contribution in [-0.2, 0) is 10.8 Å². The molecule has 1 fully saturated rings. The minimum absolute atomic E-state index is 0.0937. The highest BCUT2D eigenvalue weighted by atomic mass is 16.3. The van der Waals surface area contributed by atoms with Crippen molar-refractivity contribution in [2.45, 2.75) is 80.8 Å². The minimum Gasteiger partial charge on any atom is -0.456 e. The van der Waals surface area contributed by atoms with E-state index in [0.29, 0.717) is 11.8 Å². The molecule has 64 heavy (non-hydrogen) atoms. The second-order valence-corrected chi connectivity index (χ2v) is 19.6. The smallest absolute Gasteiger partial charge is 0.140 e. The van der Waals surface area contributed by atoms with E-state index in [0.717, 1.165) is 38.8 Å². The summed E-state index contributed by atoms with van der Waals surface area (Å²) in [5, 5.41) is 6.44. The van der Waals surface area contributed by atoms with Crippen LogP contribution in [0.5, 0.6) is 0 Å². The number of furan rings is 1. The Morgan fingerprint density at radius 1 is 0.594 bits per heavy atom. The highest BCUT2D eigenvalue weighted by Gasteiger charge is 2.54. The Kier molecular flexibility index (Phi) is 8.59. The maximum atomic E-state index is 7.01. The predicted molar refractivity (Wildman–Crippen MR) is 263 cm³/mol. The Morgan fingerprint density at radius 3 is 2.08 bits per heavy atom. The summed E-state index contributed by atoms with van der Waals surface area (Å²) in [4.78, 5) is 5.69. The minimum atomic E-state index is -0.174. The van der Waals surface area contributed by atoms with Crippen molar-refractivity contribution in [2.75, 3.05) is 0 Å². The van der Waals surface area contributed by atoms with Crippen LogP contribution >= 0.6 is 0 Å². The first-order valence-corrected chi connectivity index (χ1v) is 23.6. The van der Waals surface area contributed by atoms with Crippen molar-refractivity contribution in [1.82, 2.24) is 5.32 Å². The van der Waals surface area contributed by atoms with Gasteiger partial charge in [-0.2, -0.15) is 0 Å². The summed E-state index contributed by atoms with van der Waals surface area (Å²) in [6.45, 7) is 4.90. The van der Waals surface area contributed by atoms with Crippen LogP contribution in [0.3, 0.4) is 0 Å². The van der Waals surface area contributed by atoms with Crippen LogP contribution < -0.4 is 5.32 Å². The Labute approximate surface area is 376 Å². The quantitative estimate of drug-likeness (QED) is 0.188. The number of hydrogen-bond donors (Lipinski definition) is 1. The lowest BCUT2D eigenvalue weighted by molar-refractivity contribution is 0.233. The van der Waals surface area contributed by atoms with Crippen molar-refractivity contribution in [2.24, 2.45) is 10.9 Å². The van der Waals surface area contributed by atoms with Gasteiger partial charge in [0.25, 0.3) is 0 Å². The number of benzene rings is 7. The molecular formula is C61H52N2O. The fourth-order valence-corrected chi connectivity index (χ4v) is 13.1. The topological polar surface area (TPSA) is 37.5 Å². The zero-order valence-corrected chi connectivity index (χ0v) is 36.6. The van der Waals surface area contributed by atoms with Crippen LogP contribution in [0.15, 0.2) is 197 Å². The molecule has 8 aromatic rings. The van der Waals surface area contributed by atoms with E-state index >= 15 is 0 Å². The molecule has 13 rings (SSSR count). The Balaban J connectivity index is 0.946. The van der Waals surface area contributed by atoms with Gasteiger partial charge in [0.15, 0.2) is 0 Å². The third-order valence-electron chi connectivity index (χ3n) is 16.0. The summed E-state index contributed by atoms with van der Waals surface area (Å²) in [6.07, 6.45) is 12.0. The lowest BCUT2D eigenvalue weighted by Gasteiger charge is -2.42. The third kappa shape index (κ3) is 5.59. The largest absolute Gasteiger partial charge is 0.456 e. The number of rotatable bonds is 5. The van der Waals surface area contributed by atoms with Gasteiger partial charge in [0.1, 0.15) is 11.2 Å². The molecule has 3 heteroatoms. The third-order valence-corrected chi connectivity index (χ3v) is 16.0. The Morgan fingerprint density at radius 2 is 1.28 bits per heavy atom. The SMILES string of the molecule is CC1(C)C2=CC3c4ccccc4C4(CCCCC4)C3C=C2c2c(-c3ccc4oc5c(C6NC(c7ccccc7)C(c7ccccc7)=NC6c6ccccc6)cccc5c4c3)cccc21. The molecule has 7 aromatic carbocycles. The van der Waals surface area contributed by atoms with E-state index < -0.39 is 0 Å². The molecule has 1 N–H and O–H groups in total. The number of para-hydroxylation sites is 1. The summed E-state index contributed by atoms with van der Waals surface area (Å²) >= 11 is 0. The summed E-state index contributed by atoms with van der Waals surface area (Å²) in [6, 6.07) is 61.8. The standard InChI is InChI=1S/C61H52N2O/c1-60(2)50-30-18-26-42(54(50)48-37-52-46(36-51(48)60)43-25-13-14-29-49(43)61(52)33-15-6-16-34-61)41-31-32-53-47(35-41)44-27-17-28-45(59(44)64-53)58-57(40-23-11-5-12-24-40)62-55(38-19-7-3-8-20-38)56(63-58)39-21-9-4-10-22-39/h3-5,7-14,17-32,35-37,46,52,56-58,63H,6,15-16,33-34H2,1-2H3. The van der Waals surface area contributed by atoms with E-state index in [9.17, 15) is 0 Å². The average molecular weight is 829 g/mol. The van der Waals surface area contributed by atoms with Gasteiger partial charge in [0.2, 0.25) is 0 Å². The fraction of sp³-hybridized carbons (Fsp3) is 0.230. The number of aliphatic imine (C=N–C) groups is 1. The predicted octanol–water partition coefficient (Wildman–Crippen LogP) is 15.1. The average Bonchev–Trinajstić information content (AvgIpc) is 3.94. The first kappa shape index (κ1) is 38.0. The van der Waals surface area contributed by atoms with Crippen LogP contribution in [0.4, 0.5) is 0 Å². The molecule has 1 spiro atoms. The number of nitrogens with zero attached hydrogens (tertiary/aromatic N) is 1. The molecule has 312 valence electrons. The molecule has 0 bridgehead atoms. The Bertz CT molecular complexity index is 3220. The van der Waals surface area contributed by atoms with Gasteiger partial charge in [-0.05, 0) is 92.1 Å². The lowest BCUT2D eigenvalue weighted by Crippen LogP contribution is -2.40. The first-order chi connectivity index (χ1) is 31.5. The molecule has 5 atom stereocenters. The van der Waals surface area contributed by atoms with Gasteiger partial charge in [-0.3, -0.25) is 10.3 Å². The van der Waals surface area contributed by atoms with Crippen LogP contribution in [-0.4, -0.2) is 5.71 Å². The maximum Gasteiger partial charge on any atom is 0.140 e. The molecule has 1 aromatic heterocycles.